The minimum absolute atomic E-state index is 0.0633. The molecule has 0 spiro atoms. The Hall–Kier alpha value is -2.00. The number of nitrogens with one attached hydrogen (secondary N) is 2. The number of amides is 2. The molecule has 1 aromatic carbocycles. The number of thiazole rings is 1. The number of rotatable bonds is 8. The van der Waals surface area contributed by atoms with Crippen molar-refractivity contribution in [3.8, 4) is 0 Å². The van der Waals surface area contributed by atoms with Gasteiger partial charge in [0, 0.05) is 54.7 Å². The maximum atomic E-state index is 12.5. The summed E-state index contributed by atoms with van der Waals surface area (Å²) in [6.07, 6.45) is 4.68. The second kappa shape index (κ2) is 10.1. The number of carbonyl (C=O) groups is 2. The Morgan fingerprint density at radius 3 is 2.68 bits per heavy atom. The van der Waals surface area contributed by atoms with Crippen LogP contribution in [0.2, 0.25) is 5.02 Å². The molecule has 4 rings (SSSR count). The van der Waals surface area contributed by atoms with Crippen LogP contribution in [-0.2, 0) is 16.0 Å². The molecule has 166 valence electrons. The Labute approximate surface area is 191 Å². The van der Waals surface area contributed by atoms with Gasteiger partial charge in [0.05, 0.1) is 12.6 Å². The van der Waals surface area contributed by atoms with Crippen molar-refractivity contribution in [3.63, 3.8) is 0 Å². The van der Waals surface area contributed by atoms with E-state index in [1.54, 1.807) is 6.20 Å². The lowest BCUT2D eigenvalue weighted by Crippen LogP contribution is -2.55. The van der Waals surface area contributed by atoms with Crippen molar-refractivity contribution in [1.82, 2.24) is 20.1 Å². The third-order valence-electron chi connectivity index (χ3n) is 5.75. The van der Waals surface area contributed by atoms with Gasteiger partial charge in [0.2, 0.25) is 11.8 Å². The number of benzene rings is 1. The standard InChI is InChI=1S/C22H28ClN5O2S/c1-15(21(30)25-17-6-7-17)28-10-8-27(9-11-28)14-20(29)26-22-24-13-18(31-22)12-16-4-2-3-5-19(16)23/h2-5,13,15,17H,6-12,14H2,1H3,(H,25,30)(H,24,26,29). The van der Waals surface area contributed by atoms with E-state index in [0.717, 1.165) is 54.5 Å². The highest BCUT2D eigenvalue weighted by molar-refractivity contribution is 7.15. The minimum Gasteiger partial charge on any atom is -0.352 e. The van der Waals surface area contributed by atoms with Gasteiger partial charge in [-0.15, -0.1) is 11.3 Å². The number of hydrogen-bond donors (Lipinski definition) is 2. The number of aromatic nitrogens is 1. The van der Waals surface area contributed by atoms with E-state index in [0.29, 0.717) is 24.1 Å². The van der Waals surface area contributed by atoms with Crippen LogP contribution in [0.4, 0.5) is 5.13 Å². The van der Waals surface area contributed by atoms with E-state index in [1.165, 1.54) is 11.3 Å². The number of halogens is 1. The molecule has 1 aromatic heterocycles. The van der Waals surface area contributed by atoms with Gasteiger partial charge in [0.15, 0.2) is 5.13 Å². The number of nitrogens with zero attached hydrogens (tertiary/aromatic N) is 3. The molecule has 0 bridgehead atoms. The van der Waals surface area contributed by atoms with Crippen molar-refractivity contribution < 1.29 is 9.59 Å². The van der Waals surface area contributed by atoms with E-state index < -0.39 is 0 Å². The molecular formula is C22H28ClN5O2S. The highest BCUT2D eigenvalue weighted by Gasteiger charge is 2.30. The molecule has 7 nitrogen and oxygen atoms in total. The maximum absolute atomic E-state index is 12.5. The molecule has 1 unspecified atom stereocenters. The molecule has 0 radical (unpaired) electrons. The van der Waals surface area contributed by atoms with Gasteiger partial charge < -0.3 is 10.6 Å². The molecule has 2 heterocycles. The first-order valence-corrected chi connectivity index (χ1v) is 11.9. The number of piperazine rings is 1. The maximum Gasteiger partial charge on any atom is 0.240 e. The SMILES string of the molecule is CC(C(=O)NC1CC1)N1CCN(CC(=O)Nc2ncc(Cc3ccccc3Cl)s2)CC1. The Kier molecular flexibility index (Phi) is 7.22. The molecule has 2 aliphatic rings. The summed E-state index contributed by atoms with van der Waals surface area (Å²) in [7, 11) is 0. The zero-order valence-corrected chi connectivity index (χ0v) is 19.2. The minimum atomic E-state index is -0.122. The lowest BCUT2D eigenvalue weighted by Gasteiger charge is -2.37. The van der Waals surface area contributed by atoms with Crippen LogP contribution in [0.25, 0.3) is 0 Å². The lowest BCUT2D eigenvalue weighted by atomic mass is 10.1. The molecular weight excluding hydrogens is 434 g/mol. The van der Waals surface area contributed by atoms with E-state index in [1.807, 2.05) is 31.2 Å². The second-order valence-corrected chi connectivity index (χ2v) is 9.74. The van der Waals surface area contributed by atoms with E-state index in [4.69, 9.17) is 11.6 Å². The zero-order valence-electron chi connectivity index (χ0n) is 17.6. The van der Waals surface area contributed by atoms with Crippen LogP contribution in [0.5, 0.6) is 0 Å². The average Bonchev–Trinajstić information content (AvgIpc) is 3.47. The topological polar surface area (TPSA) is 77.6 Å². The van der Waals surface area contributed by atoms with E-state index in [-0.39, 0.29) is 17.9 Å². The first-order chi connectivity index (χ1) is 15.0. The molecule has 1 aliphatic heterocycles. The third-order valence-corrected chi connectivity index (χ3v) is 7.03. The fourth-order valence-electron chi connectivity index (χ4n) is 3.66. The van der Waals surface area contributed by atoms with Crippen LogP contribution >= 0.6 is 22.9 Å². The normalized spacial score (nSPS) is 18.5. The smallest absolute Gasteiger partial charge is 0.240 e. The highest BCUT2D eigenvalue weighted by atomic mass is 35.5. The van der Waals surface area contributed by atoms with Crippen LogP contribution in [0.3, 0.4) is 0 Å². The van der Waals surface area contributed by atoms with Gasteiger partial charge in [-0.3, -0.25) is 19.4 Å². The summed E-state index contributed by atoms with van der Waals surface area (Å²) in [6, 6.07) is 8.01. The Morgan fingerprint density at radius 1 is 1.23 bits per heavy atom. The summed E-state index contributed by atoms with van der Waals surface area (Å²) in [4.78, 5) is 34.4. The van der Waals surface area contributed by atoms with E-state index in [9.17, 15) is 9.59 Å². The number of anilines is 1. The van der Waals surface area contributed by atoms with Crippen LogP contribution in [-0.4, -0.2) is 71.4 Å². The average molecular weight is 462 g/mol. The molecule has 2 aromatic rings. The summed E-state index contributed by atoms with van der Waals surface area (Å²) in [5.74, 6) is 0.0525. The molecule has 2 N–H and O–H groups in total. The van der Waals surface area contributed by atoms with Gasteiger partial charge in [0.1, 0.15) is 0 Å². The van der Waals surface area contributed by atoms with Crippen molar-refractivity contribution in [2.75, 3.05) is 38.0 Å². The van der Waals surface area contributed by atoms with Crippen LogP contribution < -0.4 is 10.6 Å². The zero-order chi connectivity index (χ0) is 21.8. The first-order valence-electron chi connectivity index (χ1n) is 10.7. The summed E-state index contributed by atoms with van der Waals surface area (Å²) in [6.45, 7) is 5.39. The molecule has 1 saturated carbocycles. The third kappa shape index (κ3) is 6.26. The molecule has 9 heteroatoms. The molecule has 1 atom stereocenters. The van der Waals surface area contributed by atoms with Crippen molar-refractivity contribution in [3.05, 3.63) is 45.9 Å². The number of carbonyl (C=O) groups excluding carboxylic acids is 2. The van der Waals surface area contributed by atoms with Crippen LogP contribution in [0.15, 0.2) is 30.5 Å². The molecule has 2 amide bonds. The van der Waals surface area contributed by atoms with Crippen LogP contribution in [0, 0.1) is 0 Å². The Morgan fingerprint density at radius 2 is 1.97 bits per heavy atom. The van der Waals surface area contributed by atoms with Gasteiger partial charge in [-0.2, -0.15) is 0 Å². The predicted molar refractivity (Wildman–Crippen MR) is 124 cm³/mol. The van der Waals surface area contributed by atoms with E-state index >= 15 is 0 Å². The molecule has 1 saturated heterocycles. The van der Waals surface area contributed by atoms with Crippen LogP contribution in [0.1, 0.15) is 30.2 Å². The second-order valence-electron chi connectivity index (χ2n) is 8.22. The van der Waals surface area contributed by atoms with Gasteiger partial charge in [-0.25, -0.2) is 4.98 Å². The Bertz CT molecular complexity index is 924. The quantitative estimate of drug-likeness (QED) is 0.631. The van der Waals surface area contributed by atoms with Crippen molar-refractivity contribution in [1.29, 1.82) is 0 Å². The highest BCUT2D eigenvalue weighted by Crippen LogP contribution is 2.24. The Balaban J connectivity index is 1.20. The summed E-state index contributed by atoms with van der Waals surface area (Å²) in [5, 5.41) is 7.32. The molecule has 2 fully saturated rings. The fourth-order valence-corrected chi connectivity index (χ4v) is 4.72. The fraction of sp³-hybridized carbons (Fsp3) is 0.500. The van der Waals surface area contributed by atoms with Gasteiger partial charge >= 0.3 is 0 Å². The number of hydrogen-bond acceptors (Lipinski definition) is 6. The molecule has 1 aliphatic carbocycles. The summed E-state index contributed by atoms with van der Waals surface area (Å²) in [5.41, 5.74) is 1.05. The van der Waals surface area contributed by atoms with Gasteiger partial charge in [0.25, 0.3) is 0 Å². The molecule has 31 heavy (non-hydrogen) atoms. The lowest BCUT2D eigenvalue weighted by molar-refractivity contribution is -0.127. The van der Waals surface area contributed by atoms with Gasteiger partial charge in [-0.1, -0.05) is 29.8 Å². The summed E-state index contributed by atoms with van der Waals surface area (Å²) < 4.78 is 0. The van der Waals surface area contributed by atoms with E-state index in [2.05, 4.69) is 25.4 Å². The monoisotopic (exact) mass is 461 g/mol. The van der Waals surface area contributed by atoms with Crippen molar-refractivity contribution in [2.45, 2.75) is 38.3 Å². The van der Waals surface area contributed by atoms with Gasteiger partial charge in [-0.05, 0) is 31.4 Å². The summed E-state index contributed by atoms with van der Waals surface area (Å²) >= 11 is 7.70. The predicted octanol–water partition coefficient (Wildman–Crippen LogP) is 2.61. The van der Waals surface area contributed by atoms with Crippen molar-refractivity contribution in [2.24, 2.45) is 0 Å². The van der Waals surface area contributed by atoms with Crippen molar-refractivity contribution >= 4 is 39.9 Å². The largest absolute Gasteiger partial charge is 0.352 e. The first kappa shape index (κ1) is 22.2.